The summed E-state index contributed by atoms with van der Waals surface area (Å²) < 4.78 is 19.4. The molecule has 27 heavy (non-hydrogen) atoms. The van der Waals surface area contributed by atoms with Gasteiger partial charge in [-0.1, -0.05) is 12.1 Å². The maximum absolute atomic E-state index is 13.3. The Morgan fingerprint density at radius 1 is 1.26 bits per heavy atom. The minimum absolute atomic E-state index is 0.0704. The molecule has 0 spiro atoms. The number of piperidine rings is 1. The molecule has 0 aliphatic carbocycles. The summed E-state index contributed by atoms with van der Waals surface area (Å²) in [5.74, 6) is 1.38. The number of rotatable bonds is 4. The summed E-state index contributed by atoms with van der Waals surface area (Å²) in [5.41, 5.74) is 1.01. The van der Waals surface area contributed by atoms with Gasteiger partial charge in [0.1, 0.15) is 11.9 Å². The summed E-state index contributed by atoms with van der Waals surface area (Å²) >= 11 is 0. The number of nitrogens with zero attached hydrogens (tertiary/aromatic N) is 3. The van der Waals surface area contributed by atoms with Crippen molar-refractivity contribution in [2.45, 2.75) is 38.9 Å². The summed E-state index contributed by atoms with van der Waals surface area (Å²) in [6.07, 6.45) is 2.54. The van der Waals surface area contributed by atoms with Crippen molar-refractivity contribution in [2.24, 2.45) is 10.9 Å². The molecule has 1 N–H and O–H groups in total. The fraction of sp³-hybridized carbons (Fsp3) is 0.667. The SMILES string of the molecule is CCNC(=NCC1CCCN(C)C1)N1CC(C)OC(c2ccc(F)cc2)C1. The van der Waals surface area contributed by atoms with Crippen LogP contribution >= 0.6 is 0 Å². The molecule has 2 saturated heterocycles. The van der Waals surface area contributed by atoms with Gasteiger partial charge in [0, 0.05) is 26.2 Å². The minimum Gasteiger partial charge on any atom is -0.367 e. The topological polar surface area (TPSA) is 40.1 Å². The molecule has 0 bridgehead atoms. The molecule has 0 aromatic heterocycles. The Labute approximate surface area is 162 Å². The molecule has 2 heterocycles. The summed E-state index contributed by atoms with van der Waals surface area (Å²) in [7, 11) is 2.19. The number of likely N-dealkylation sites (tertiary alicyclic amines) is 1. The van der Waals surface area contributed by atoms with Crippen molar-refractivity contribution in [3.8, 4) is 0 Å². The molecule has 6 heteroatoms. The van der Waals surface area contributed by atoms with Gasteiger partial charge in [-0.25, -0.2) is 4.39 Å². The first kappa shape index (κ1) is 20.1. The van der Waals surface area contributed by atoms with E-state index in [9.17, 15) is 4.39 Å². The largest absolute Gasteiger partial charge is 0.367 e. The second kappa shape index (κ2) is 9.51. The molecular formula is C21H33FN4O. The Balaban J connectivity index is 1.69. The van der Waals surface area contributed by atoms with E-state index in [0.29, 0.717) is 5.92 Å². The van der Waals surface area contributed by atoms with Crippen molar-refractivity contribution in [1.82, 2.24) is 15.1 Å². The molecule has 3 atom stereocenters. The van der Waals surface area contributed by atoms with Crippen LogP contribution in [0.1, 0.15) is 38.4 Å². The van der Waals surface area contributed by atoms with Crippen LogP contribution < -0.4 is 5.32 Å². The van der Waals surface area contributed by atoms with E-state index < -0.39 is 0 Å². The van der Waals surface area contributed by atoms with Crippen LogP contribution in [0.25, 0.3) is 0 Å². The van der Waals surface area contributed by atoms with E-state index in [-0.39, 0.29) is 18.0 Å². The lowest BCUT2D eigenvalue weighted by Gasteiger charge is -2.39. The van der Waals surface area contributed by atoms with Gasteiger partial charge in [0.05, 0.1) is 12.6 Å². The molecule has 1 aromatic carbocycles. The predicted octanol–water partition coefficient (Wildman–Crippen LogP) is 2.89. The Kier molecular flexibility index (Phi) is 7.07. The standard InChI is InChI=1S/C21H33FN4O/c1-4-23-21(24-12-17-6-5-11-25(3)14-17)26-13-16(2)27-20(15-26)18-7-9-19(22)10-8-18/h7-10,16-17,20H,4-6,11-15H2,1-3H3,(H,23,24). The highest BCUT2D eigenvalue weighted by molar-refractivity contribution is 5.80. The lowest BCUT2D eigenvalue weighted by molar-refractivity contribution is -0.0605. The second-order valence-corrected chi connectivity index (χ2v) is 7.86. The molecule has 3 unspecified atom stereocenters. The fourth-order valence-electron chi connectivity index (χ4n) is 4.05. The number of hydrogen-bond acceptors (Lipinski definition) is 3. The van der Waals surface area contributed by atoms with Crippen molar-refractivity contribution in [1.29, 1.82) is 0 Å². The third kappa shape index (κ3) is 5.66. The van der Waals surface area contributed by atoms with Crippen molar-refractivity contribution in [3.05, 3.63) is 35.6 Å². The van der Waals surface area contributed by atoms with Gasteiger partial charge in [-0.15, -0.1) is 0 Å². The van der Waals surface area contributed by atoms with Crippen LogP contribution in [0.3, 0.4) is 0 Å². The number of hydrogen-bond donors (Lipinski definition) is 1. The molecule has 0 amide bonds. The second-order valence-electron chi connectivity index (χ2n) is 7.86. The average Bonchev–Trinajstić information content (AvgIpc) is 2.65. The molecular weight excluding hydrogens is 343 g/mol. The first-order valence-corrected chi connectivity index (χ1v) is 10.2. The molecule has 2 fully saturated rings. The van der Waals surface area contributed by atoms with Gasteiger partial charge in [0.2, 0.25) is 0 Å². The molecule has 1 aromatic rings. The van der Waals surface area contributed by atoms with Gasteiger partial charge < -0.3 is 19.9 Å². The van der Waals surface area contributed by atoms with Crippen LogP contribution in [0.2, 0.25) is 0 Å². The molecule has 2 aliphatic rings. The number of morpholine rings is 1. The first-order valence-electron chi connectivity index (χ1n) is 10.2. The molecule has 0 radical (unpaired) electrons. The van der Waals surface area contributed by atoms with Crippen LogP contribution in [0.15, 0.2) is 29.3 Å². The highest BCUT2D eigenvalue weighted by Gasteiger charge is 2.28. The Hall–Kier alpha value is -1.66. The number of nitrogens with one attached hydrogen (secondary N) is 1. The fourth-order valence-corrected chi connectivity index (χ4v) is 4.05. The number of halogens is 1. The zero-order valence-corrected chi connectivity index (χ0v) is 16.8. The molecule has 150 valence electrons. The third-order valence-corrected chi connectivity index (χ3v) is 5.36. The number of ether oxygens (including phenoxy) is 1. The van der Waals surface area contributed by atoms with Gasteiger partial charge in [0.15, 0.2) is 5.96 Å². The van der Waals surface area contributed by atoms with E-state index in [1.807, 2.05) is 12.1 Å². The van der Waals surface area contributed by atoms with Gasteiger partial charge in [-0.2, -0.15) is 0 Å². The molecule has 0 saturated carbocycles. The monoisotopic (exact) mass is 376 g/mol. The normalized spacial score (nSPS) is 27.6. The first-order chi connectivity index (χ1) is 13.0. The Morgan fingerprint density at radius 2 is 2.04 bits per heavy atom. The maximum Gasteiger partial charge on any atom is 0.194 e. The third-order valence-electron chi connectivity index (χ3n) is 5.36. The van der Waals surface area contributed by atoms with Crippen LogP contribution in [0.4, 0.5) is 4.39 Å². The quantitative estimate of drug-likeness (QED) is 0.648. The van der Waals surface area contributed by atoms with Gasteiger partial charge in [-0.05, 0) is 63.9 Å². The highest BCUT2D eigenvalue weighted by atomic mass is 19.1. The van der Waals surface area contributed by atoms with Gasteiger partial charge in [-0.3, -0.25) is 4.99 Å². The number of benzene rings is 1. The zero-order valence-electron chi connectivity index (χ0n) is 16.8. The number of guanidine groups is 1. The van der Waals surface area contributed by atoms with Crippen molar-refractivity contribution in [3.63, 3.8) is 0 Å². The van der Waals surface area contributed by atoms with E-state index >= 15 is 0 Å². The molecule has 5 nitrogen and oxygen atoms in total. The van der Waals surface area contributed by atoms with E-state index in [0.717, 1.165) is 44.2 Å². The zero-order chi connectivity index (χ0) is 19.2. The maximum atomic E-state index is 13.3. The lowest BCUT2D eigenvalue weighted by atomic mass is 9.99. The summed E-state index contributed by atoms with van der Waals surface area (Å²) in [5, 5.41) is 3.45. The van der Waals surface area contributed by atoms with Crippen LogP contribution in [-0.4, -0.2) is 68.2 Å². The Morgan fingerprint density at radius 3 is 2.74 bits per heavy atom. The van der Waals surface area contributed by atoms with Crippen molar-refractivity contribution < 1.29 is 9.13 Å². The predicted molar refractivity (Wildman–Crippen MR) is 107 cm³/mol. The highest BCUT2D eigenvalue weighted by Crippen LogP contribution is 2.25. The van der Waals surface area contributed by atoms with E-state index in [1.165, 1.54) is 31.5 Å². The molecule has 2 aliphatic heterocycles. The van der Waals surface area contributed by atoms with Crippen molar-refractivity contribution in [2.75, 3.05) is 46.3 Å². The summed E-state index contributed by atoms with van der Waals surface area (Å²) in [6, 6.07) is 6.64. The van der Waals surface area contributed by atoms with Crippen LogP contribution in [-0.2, 0) is 4.74 Å². The van der Waals surface area contributed by atoms with Crippen molar-refractivity contribution >= 4 is 5.96 Å². The number of aliphatic imine (C=N–C) groups is 1. The van der Waals surface area contributed by atoms with E-state index in [1.54, 1.807) is 0 Å². The van der Waals surface area contributed by atoms with Crippen LogP contribution in [0.5, 0.6) is 0 Å². The summed E-state index contributed by atoms with van der Waals surface area (Å²) in [6.45, 7) is 9.76. The van der Waals surface area contributed by atoms with E-state index in [2.05, 4.69) is 36.0 Å². The minimum atomic E-state index is -0.216. The Bertz CT molecular complexity index is 621. The van der Waals surface area contributed by atoms with Crippen LogP contribution in [0, 0.1) is 11.7 Å². The average molecular weight is 377 g/mol. The lowest BCUT2D eigenvalue weighted by Crippen LogP contribution is -2.51. The summed E-state index contributed by atoms with van der Waals surface area (Å²) in [4.78, 5) is 9.65. The van der Waals surface area contributed by atoms with Gasteiger partial charge in [0.25, 0.3) is 0 Å². The molecule has 3 rings (SSSR count). The van der Waals surface area contributed by atoms with E-state index in [4.69, 9.17) is 9.73 Å². The smallest absolute Gasteiger partial charge is 0.194 e. The van der Waals surface area contributed by atoms with Gasteiger partial charge >= 0.3 is 0 Å².